The molecule has 3 heterocycles. The molecule has 0 unspecified atom stereocenters. The molecule has 174 valence electrons. The number of hydrogen-bond acceptors (Lipinski definition) is 7. The van der Waals surface area contributed by atoms with Crippen LogP contribution in [0.1, 0.15) is 49.7 Å². The predicted octanol–water partition coefficient (Wildman–Crippen LogP) is 2.37. The molecule has 2 aromatic rings. The van der Waals surface area contributed by atoms with E-state index in [1.807, 2.05) is 0 Å². The van der Waals surface area contributed by atoms with Crippen LogP contribution in [0.3, 0.4) is 0 Å². The Hall–Kier alpha value is -2.30. The molecule has 10 heteroatoms. The summed E-state index contributed by atoms with van der Waals surface area (Å²) in [5, 5.41) is 10.6. The van der Waals surface area contributed by atoms with Gasteiger partial charge in [0.2, 0.25) is 15.9 Å². The number of piperidine rings is 1. The number of carbonyl (C=O) groups is 1. The number of rotatable bonds is 8. The monoisotopic (exact) mass is 461 g/mol. The Bertz CT molecular complexity index is 1020. The third-order valence-corrected chi connectivity index (χ3v) is 8.01. The number of benzene rings is 1. The molecule has 0 bridgehead atoms. The van der Waals surface area contributed by atoms with Gasteiger partial charge < -0.3 is 14.6 Å². The van der Waals surface area contributed by atoms with Crippen LogP contribution in [0.2, 0.25) is 0 Å². The van der Waals surface area contributed by atoms with Gasteiger partial charge in [0.05, 0.1) is 4.90 Å². The molecule has 0 radical (unpaired) electrons. The van der Waals surface area contributed by atoms with E-state index in [4.69, 9.17) is 4.42 Å². The largest absolute Gasteiger partial charge is 0.412 e. The van der Waals surface area contributed by atoms with Gasteiger partial charge in [0.25, 0.3) is 0 Å². The summed E-state index contributed by atoms with van der Waals surface area (Å²) in [5.74, 6) is 0.427. The zero-order valence-corrected chi connectivity index (χ0v) is 19.3. The van der Waals surface area contributed by atoms with E-state index in [-0.39, 0.29) is 16.7 Å². The van der Waals surface area contributed by atoms with Gasteiger partial charge in [0, 0.05) is 31.7 Å². The number of sulfonamides is 1. The molecule has 2 aliphatic rings. The fraction of sp³-hybridized carbons (Fsp3) is 0.591. The van der Waals surface area contributed by atoms with Gasteiger partial charge in [-0.25, -0.2) is 8.42 Å². The molecule has 1 aromatic heterocycles. The Labute approximate surface area is 189 Å². The number of nitrogens with zero attached hydrogens (tertiary/aromatic N) is 4. The summed E-state index contributed by atoms with van der Waals surface area (Å²) in [4.78, 5) is 15.0. The van der Waals surface area contributed by atoms with Crippen molar-refractivity contribution in [3.63, 3.8) is 0 Å². The van der Waals surface area contributed by atoms with Crippen LogP contribution in [0.15, 0.2) is 33.6 Å². The first-order valence-electron chi connectivity index (χ1n) is 11.4. The number of likely N-dealkylation sites (tertiary alicyclic amines) is 1. The Balaban J connectivity index is 1.29. The summed E-state index contributed by atoms with van der Waals surface area (Å²) in [7, 11) is -3.47. The zero-order valence-electron chi connectivity index (χ0n) is 18.5. The standard InChI is InChI=1S/C22H31N5O4S/c1-17-6-4-12-26(16-17)13-5-11-23-20(28)22-25-24-21(31-22)18-7-9-19(10-8-18)32(29,30)27-14-2-3-15-27/h7-10,17H,2-6,11-16H2,1H3,(H,23,28)/t17-/m0/s1. The maximum absolute atomic E-state index is 12.6. The summed E-state index contributed by atoms with van der Waals surface area (Å²) in [6.07, 6.45) is 5.18. The minimum absolute atomic E-state index is 0.0969. The van der Waals surface area contributed by atoms with Crippen molar-refractivity contribution in [3.8, 4) is 11.5 Å². The minimum Gasteiger partial charge on any atom is -0.412 e. The number of hydrogen-bond donors (Lipinski definition) is 1. The topological polar surface area (TPSA) is 109 Å². The molecule has 32 heavy (non-hydrogen) atoms. The Morgan fingerprint density at radius 1 is 1.12 bits per heavy atom. The summed E-state index contributed by atoms with van der Waals surface area (Å²) in [6.45, 7) is 7.16. The van der Waals surface area contributed by atoms with Gasteiger partial charge in [-0.2, -0.15) is 4.31 Å². The Kier molecular flexibility index (Phi) is 7.22. The molecule has 4 rings (SSSR count). The fourth-order valence-electron chi connectivity index (χ4n) is 4.35. The molecule has 1 atom stereocenters. The van der Waals surface area contributed by atoms with Gasteiger partial charge in [0.1, 0.15) is 0 Å². The van der Waals surface area contributed by atoms with Crippen LogP contribution in [0, 0.1) is 5.92 Å². The highest BCUT2D eigenvalue weighted by molar-refractivity contribution is 7.89. The molecule has 0 aliphatic carbocycles. The third-order valence-electron chi connectivity index (χ3n) is 6.10. The second-order valence-corrected chi connectivity index (χ2v) is 10.6. The third kappa shape index (κ3) is 5.36. The van der Waals surface area contributed by atoms with Crippen LogP contribution in [-0.4, -0.2) is 73.0 Å². The summed E-state index contributed by atoms with van der Waals surface area (Å²) in [5.41, 5.74) is 0.566. The van der Waals surface area contributed by atoms with Crippen molar-refractivity contribution >= 4 is 15.9 Å². The predicted molar refractivity (Wildman–Crippen MR) is 120 cm³/mol. The summed E-state index contributed by atoms with van der Waals surface area (Å²) >= 11 is 0. The lowest BCUT2D eigenvalue weighted by molar-refractivity contribution is 0.0916. The van der Waals surface area contributed by atoms with E-state index in [0.29, 0.717) is 25.2 Å². The minimum atomic E-state index is -3.47. The van der Waals surface area contributed by atoms with Gasteiger partial charge in [-0.3, -0.25) is 4.79 Å². The van der Waals surface area contributed by atoms with Crippen LogP contribution < -0.4 is 5.32 Å². The van der Waals surface area contributed by atoms with E-state index in [1.54, 1.807) is 12.1 Å². The summed E-state index contributed by atoms with van der Waals surface area (Å²) < 4.78 is 32.3. The number of amides is 1. The van der Waals surface area contributed by atoms with Crippen molar-refractivity contribution < 1.29 is 17.6 Å². The first-order valence-corrected chi connectivity index (χ1v) is 12.8. The van der Waals surface area contributed by atoms with E-state index in [0.717, 1.165) is 44.8 Å². The molecule has 2 saturated heterocycles. The van der Waals surface area contributed by atoms with Crippen molar-refractivity contribution in [2.45, 2.75) is 43.9 Å². The lowest BCUT2D eigenvalue weighted by atomic mass is 10.0. The normalized spacial score (nSPS) is 20.5. The van der Waals surface area contributed by atoms with Crippen molar-refractivity contribution in [1.29, 1.82) is 0 Å². The highest BCUT2D eigenvalue weighted by Crippen LogP contribution is 2.24. The molecule has 1 amide bonds. The SMILES string of the molecule is C[C@H]1CCCN(CCCNC(=O)c2nnc(-c3ccc(S(=O)(=O)N4CCCC4)cc3)o2)C1. The van der Waals surface area contributed by atoms with Crippen LogP contribution >= 0.6 is 0 Å². The van der Waals surface area contributed by atoms with Gasteiger partial charge in [0.15, 0.2) is 0 Å². The molecule has 1 N–H and O–H groups in total. The van der Waals surface area contributed by atoms with Crippen molar-refractivity contribution in [3.05, 3.63) is 30.2 Å². The average molecular weight is 462 g/mol. The highest BCUT2D eigenvalue weighted by Gasteiger charge is 2.27. The van der Waals surface area contributed by atoms with Crippen LogP contribution in [0.25, 0.3) is 11.5 Å². The van der Waals surface area contributed by atoms with Gasteiger partial charge in [-0.15, -0.1) is 10.2 Å². The second-order valence-electron chi connectivity index (χ2n) is 8.71. The fourth-order valence-corrected chi connectivity index (χ4v) is 5.87. The maximum atomic E-state index is 12.6. The first kappa shape index (κ1) is 22.9. The average Bonchev–Trinajstić information content (AvgIpc) is 3.50. The zero-order chi connectivity index (χ0) is 22.6. The van der Waals surface area contributed by atoms with Crippen LogP contribution in [0.5, 0.6) is 0 Å². The maximum Gasteiger partial charge on any atom is 0.308 e. The smallest absolute Gasteiger partial charge is 0.308 e. The van der Waals surface area contributed by atoms with Crippen LogP contribution in [0.4, 0.5) is 0 Å². The van der Waals surface area contributed by atoms with E-state index in [9.17, 15) is 13.2 Å². The van der Waals surface area contributed by atoms with Crippen molar-refractivity contribution in [2.24, 2.45) is 5.92 Å². The molecule has 0 saturated carbocycles. The first-order chi connectivity index (χ1) is 15.4. The quantitative estimate of drug-likeness (QED) is 0.601. The Morgan fingerprint density at radius 3 is 2.59 bits per heavy atom. The lowest BCUT2D eigenvalue weighted by Gasteiger charge is -2.30. The number of nitrogens with one attached hydrogen (secondary N) is 1. The van der Waals surface area contributed by atoms with Gasteiger partial charge in [-0.05, 0) is 75.4 Å². The molecule has 2 aliphatic heterocycles. The summed E-state index contributed by atoms with van der Waals surface area (Å²) in [6, 6.07) is 6.32. The van der Waals surface area contributed by atoms with Gasteiger partial charge in [-0.1, -0.05) is 6.92 Å². The number of carbonyl (C=O) groups excluding carboxylic acids is 1. The molecular weight excluding hydrogens is 430 g/mol. The lowest BCUT2D eigenvalue weighted by Crippen LogP contribution is -2.36. The second kappa shape index (κ2) is 10.1. The molecule has 0 spiro atoms. The van der Waals surface area contributed by atoms with E-state index in [1.165, 1.54) is 29.3 Å². The number of aromatic nitrogens is 2. The Morgan fingerprint density at radius 2 is 1.88 bits per heavy atom. The van der Waals surface area contributed by atoms with E-state index in [2.05, 4.69) is 27.3 Å². The van der Waals surface area contributed by atoms with Crippen molar-refractivity contribution in [1.82, 2.24) is 24.7 Å². The van der Waals surface area contributed by atoms with E-state index >= 15 is 0 Å². The molecule has 2 fully saturated rings. The van der Waals surface area contributed by atoms with Crippen molar-refractivity contribution in [2.75, 3.05) is 39.3 Å². The highest BCUT2D eigenvalue weighted by atomic mass is 32.2. The van der Waals surface area contributed by atoms with E-state index < -0.39 is 15.9 Å². The van der Waals surface area contributed by atoms with Crippen LogP contribution in [-0.2, 0) is 10.0 Å². The molecular formula is C22H31N5O4S. The molecule has 9 nitrogen and oxygen atoms in total. The van der Waals surface area contributed by atoms with Gasteiger partial charge >= 0.3 is 11.8 Å². The molecule has 1 aromatic carbocycles.